The van der Waals surface area contributed by atoms with Gasteiger partial charge in [-0.15, -0.1) is 12.4 Å². The van der Waals surface area contributed by atoms with E-state index in [1.165, 1.54) is 0 Å². The smallest absolute Gasteiger partial charge is 0.410 e. The molecule has 0 aromatic carbocycles. The fourth-order valence-electron chi connectivity index (χ4n) is 2.32. The summed E-state index contributed by atoms with van der Waals surface area (Å²) in [7, 11) is 0. The molecule has 1 spiro atoms. The van der Waals surface area contributed by atoms with Gasteiger partial charge in [-0.2, -0.15) is 0 Å². The lowest BCUT2D eigenvalue weighted by molar-refractivity contribution is -0.0369. The van der Waals surface area contributed by atoms with Crippen LogP contribution < -0.4 is 5.32 Å². The first-order valence-corrected chi connectivity index (χ1v) is 5.64. The van der Waals surface area contributed by atoms with Crippen LogP contribution in [-0.4, -0.2) is 41.8 Å². The third-order valence-electron chi connectivity index (χ3n) is 3.21. The Labute approximate surface area is 103 Å². The van der Waals surface area contributed by atoms with Crippen LogP contribution in [0, 0.1) is 0 Å². The zero-order chi connectivity index (χ0) is 11.1. The highest BCUT2D eigenvalue weighted by Gasteiger charge is 2.50. The van der Waals surface area contributed by atoms with Gasteiger partial charge in [0.05, 0.1) is 5.54 Å². The molecule has 2 saturated heterocycles. The second kappa shape index (κ2) is 4.41. The molecule has 0 radical (unpaired) electrons. The van der Waals surface area contributed by atoms with Crippen molar-refractivity contribution < 1.29 is 9.53 Å². The zero-order valence-electron chi connectivity index (χ0n) is 10.2. The second-order valence-electron chi connectivity index (χ2n) is 5.53. The lowest BCUT2D eigenvalue weighted by atomic mass is 9.84. The summed E-state index contributed by atoms with van der Waals surface area (Å²) >= 11 is 0. The highest BCUT2D eigenvalue weighted by molar-refractivity contribution is 5.85. The van der Waals surface area contributed by atoms with Gasteiger partial charge in [0.1, 0.15) is 5.60 Å². The number of likely N-dealkylation sites (tertiary alicyclic amines) is 1. The van der Waals surface area contributed by atoms with Gasteiger partial charge in [-0.3, -0.25) is 0 Å². The Balaban J connectivity index is 0.00000128. The molecule has 2 aliphatic rings. The fraction of sp³-hybridized carbons (Fsp3) is 0.909. The molecule has 2 rings (SSSR count). The summed E-state index contributed by atoms with van der Waals surface area (Å²) < 4.78 is 5.39. The number of rotatable bonds is 0. The first kappa shape index (κ1) is 13.6. The number of nitrogens with zero attached hydrogens (tertiary/aromatic N) is 1. The van der Waals surface area contributed by atoms with Gasteiger partial charge in [0.15, 0.2) is 0 Å². The first-order valence-electron chi connectivity index (χ1n) is 5.64. The van der Waals surface area contributed by atoms with E-state index in [0.717, 1.165) is 32.5 Å². The Morgan fingerprint density at radius 3 is 2.44 bits per heavy atom. The summed E-state index contributed by atoms with van der Waals surface area (Å²) in [5.74, 6) is 0. The summed E-state index contributed by atoms with van der Waals surface area (Å²) in [4.78, 5) is 13.8. The van der Waals surface area contributed by atoms with E-state index in [2.05, 4.69) is 5.32 Å². The van der Waals surface area contributed by atoms with Crippen LogP contribution in [0.5, 0.6) is 0 Å². The van der Waals surface area contributed by atoms with E-state index in [9.17, 15) is 4.79 Å². The van der Waals surface area contributed by atoms with Gasteiger partial charge in [-0.1, -0.05) is 0 Å². The van der Waals surface area contributed by atoms with E-state index in [1.54, 1.807) is 0 Å². The minimum absolute atomic E-state index is 0. The maximum atomic E-state index is 11.9. The molecule has 0 aromatic heterocycles. The Bertz CT molecular complexity index is 270. The van der Waals surface area contributed by atoms with Crippen molar-refractivity contribution in [3.8, 4) is 0 Å². The maximum Gasteiger partial charge on any atom is 0.410 e. The molecular formula is C11H21ClN2O2. The van der Waals surface area contributed by atoms with E-state index in [1.807, 2.05) is 25.7 Å². The van der Waals surface area contributed by atoms with E-state index < -0.39 is 0 Å². The minimum atomic E-state index is -0.389. The first-order chi connectivity index (χ1) is 6.93. The Hall–Kier alpha value is -0.480. The normalized spacial score (nSPS) is 28.6. The molecule has 2 aliphatic heterocycles. The monoisotopic (exact) mass is 248 g/mol. The Kier molecular flexibility index (Phi) is 3.75. The van der Waals surface area contributed by atoms with E-state index in [4.69, 9.17) is 4.74 Å². The lowest BCUT2D eigenvalue weighted by Gasteiger charge is -2.50. The Morgan fingerprint density at radius 1 is 1.38 bits per heavy atom. The third-order valence-corrected chi connectivity index (χ3v) is 3.21. The summed E-state index contributed by atoms with van der Waals surface area (Å²) in [6, 6.07) is 0. The molecule has 2 heterocycles. The summed E-state index contributed by atoms with van der Waals surface area (Å²) in [5.41, 5.74) is -0.317. The SMILES string of the molecule is CC(C)(C)OC(=O)N1CCC12CCNC2.Cl. The molecule has 0 saturated carbocycles. The van der Waals surface area contributed by atoms with E-state index >= 15 is 0 Å². The van der Waals surface area contributed by atoms with Crippen LogP contribution in [-0.2, 0) is 4.74 Å². The highest BCUT2D eigenvalue weighted by Crippen LogP contribution is 2.36. The van der Waals surface area contributed by atoms with Crippen molar-refractivity contribution in [1.29, 1.82) is 0 Å². The number of amides is 1. The van der Waals surface area contributed by atoms with Gasteiger partial charge in [-0.25, -0.2) is 4.79 Å². The van der Waals surface area contributed by atoms with Crippen LogP contribution >= 0.6 is 12.4 Å². The number of halogens is 1. The number of hydrogen-bond donors (Lipinski definition) is 1. The molecule has 0 aliphatic carbocycles. The molecule has 2 fully saturated rings. The fourth-order valence-corrected chi connectivity index (χ4v) is 2.32. The highest BCUT2D eigenvalue weighted by atomic mass is 35.5. The molecular weight excluding hydrogens is 228 g/mol. The second-order valence-corrected chi connectivity index (χ2v) is 5.53. The molecule has 0 bridgehead atoms. The average molecular weight is 249 g/mol. The predicted octanol–water partition coefficient (Wildman–Crippen LogP) is 1.78. The van der Waals surface area contributed by atoms with Crippen LogP contribution in [0.15, 0.2) is 0 Å². The topological polar surface area (TPSA) is 41.6 Å². The number of carbonyl (C=O) groups is 1. The van der Waals surface area contributed by atoms with Gasteiger partial charge < -0.3 is 15.0 Å². The standard InChI is InChI=1S/C11H20N2O2.ClH/c1-10(2,3)15-9(14)13-7-5-11(13)4-6-12-8-11;/h12H,4-8H2,1-3H3;1H. The number of hydrogen-bond acceptors (Lipinski definition) is 3. The van der Waals surface area contributed by atoms with E-state index in [-0.39, 0.29) is 29.6 Å². The zero-order valence-corrected chi connectivity index (χ0v) is 11.0. The van der Waals surface area contributed by atoms with Crippen molar-refractivity contribution in [3.05, 3.63) is 0 Å². The van der Waals surface area contributed by atoms with Gasteiger partial charge >= 0.3 is 6.09 Å². The Morgan fingerprint density at radius 2 is 2.06 bits per heavy atom. The number of carbonyl (C=O) groups excluding carboxylic acids is 1. The van der Waals surface area contributed by atoms with Gasteiger partial charge in [-0.05, 0) is 40.2 Å². The molecule has 94 valence electrons. The van der Waals surface area contributed by atoms with Crippen molar-refractivity contribution in [2.75, 3.05) is 19.6 Å². The minimum Gasteiger partial charge on any atom is -0.444 e. The van der Waals surface area contributed by atoms with Crippen LogP contribution in [0.1, 0.15) is 33.6 Å². The molecule has 16 heavy (non-hydrogen) atoms. The quantitative estimate of drug-likeness (QED) is 0.711. The third kappa shape index (κ3) is 2.43. The molecule has 0 aromatic rings. The van der Waals surface area contributed by atoms with Gasteiger partial charge in [0, 0.05) is 13.1 Å². The average Bonchev–Trinajstić information content (AvgIpc) is 2.47. The summed E-state index contributed by atoms with van der Waals surface area (Å²) in [6.45, 7) is 8.50. The van der Waals surface area contributed by atoms with Crippen molar-refractivity contribution >= 4 is 18.5 Å². The van der Waals surface area contributed by atoms with Crippen LogP contribution in [0.3, 0.4) is 0 Å². The van der Waals surface area contributed by atoms with Crippen LogP contribution in [0.4, 0.5) is 4.79 Å². The largest absolute Gasteiger partial charge is 0.444 e. The predicted molar refractivity (Wildman–Crippen MR) is 65.0 cm³/mol. The molecule has 1 atom stereocenters. The molecule has 1 unspecified atom stereocenters. The van der Waals surface area contributed by atoms with E-state index in [0.29, 0.717) is 0 Å². The summed E-state index contributed by atoms with van der Waals surface area (Å²) in [5, 5.41) is 3.31. The van der Waals surface area contributed by atoms with Crippen molar-refractivity contribution in [2.45, 2.75) is 44.8 Å². The number of nitrogens with one attached hydrogen (secondary N) is 1. The number of ether oxygens (including phenoxy) is 1. The lowest BCUT2D eigenvalue weighted by Crippen LogP contribution is -2.63. The molecule has 4 nitrogen and oxygen atoms in total. The van der Waals surface area contributed by atoms with Crippen molar-refractivity contribution in [2.24, 2.45) is 0 Å². The van der Waals surface area contributed by atoms with Crippen LogP contribution in [0.25, 0.3) is 0 Å². The molecule has 1 N–H and O–H groups in total. The molecule has 5 heteroatoms. The van der Waals surface area contributed by atoms with Gasteiger partial charge in [0.25, 0.3) is 0 Å². The van der Waals surface area contributed by atoms with Crippen molar-refractivity contribution in [1.82, 2.24) is 10.2 Å². The maximum absolute atomic E-state index is 11.9. The van der Waals surface area contributed by atoms with Crippen LogP contribution in [0.2, 0.25) is 0 Å². The van der Waals surface area contributed by atoms with Crippen molar-refractivity contribution in [3.63, 3.8) is 0 Å². The summed E-state index contributed by atoms with van der Waals surface area (Å²) in [6.07, 6.45) is 2.02. The van der Waals surface area contributed by atoms with Gasteiger partial charge in [0.2, 0.25) is 0 Å². The molecule has 1 amide bonds.